The molecule has 1 aliphatic heterocycles. The van der Waals surface area contributed by atoms with Gasteiger partial charge in [-0.1, -0.05) is 12.1 Å². The van der Waals surface area contributed by atoms with Crippen LogP contribution in [0.1, 0.15) is 36.8 Å². The summed E-state index contributed by atoms with van der Waals surface area (Å²) in [5.74, 6) is 2.38. The number of hydrogen-bond donors (Lipinski definition) is 2. The van der Waals surface area contributed by atoms with Crippen LogP contribution in [0.15, 0.2) is 9.52 Å². The van der Waals surface area contributed by atoms with E-state index in [2.05, 4.69) is 32.6 Å². The summed E-state index contributed by atoms with van der Waals surface area (Å²) in [6.45, 7) is 9.24. The van der Waals surface area contributed by atoms with Crippen LogP contribution in [0.25, 0.3) is 0 Å². The summed E-state index contributed by atoms with van der Waals surface area (Å²) >= 11 is 0. The van der Waals surface area contributed by atoms with Gasteiger partial charge >= 0.3 is 0 Å². The molecule has 3 rings (SSSR count). The van der Waals surface area contributed by atoms with E-state index in [1.54, 1.807) is 0 Å². The summed E-state index contributed by atoms with van der Waals surface area (Å²) in [5, 5.41) is 10.9. The zero-order valence-corrected chi connectivity index (χ0v) is 16.8. The quantitative estimate of drug-likeness (QED) is 0.433. The lowest BCUT2D eigenvalue weighted by Gasteiger charge is -2.20. The van der Waals surface area contributed by atoms with Crippen molar-refractivity contribution in [2.45, 2.75) is 52.2 Å². The number of hydrogen-bond acceptors (Lipinski definition) is 4. The maximum Gasteiger partial charge on any atom is 0.191 e. The number of nitrogens with zero attached hydrogens (tertiary/aromatic N) is 3. The highest BCUT2D eigenvalue weighted by atomic mass is 127. The highest BCUT2D eigenvalue weighted by Crippen LogP contribution is 2.31. The molecular formula is C16H28IN5O. The fourth-order valence-corrected chi connectivity index (χ4v) is 3.23. The smallest absolute Gasteiger partial charge is 0.191 e. The molecule has 6 nitrogen and oxygen atoms in total. The van der Waals surface area contributed by atoms with Crippen LogP contribution >= 0.6 is 24.0 Å². The third-order valence-electron chi connectivity index (χ3n) is 4.86. The summed E-state index contributed by atoms with van der Waals surface area (Å²) in [4.78, 5) is 6.97. The maximum atomic E-state index is 5.20. The van der Waals surface area contributed by atoms with Crippen molar-refractivity contribution in [3.05, 3.63) is 17.0 Å². The molecule has 0 bridgehead atoms. The van der Waals surface area contributed by atoms with Crippen LogP contribution in [0.2, 0.25) is 0 Å². The van der Waals surface area contributed by atoms with Crippen LogP contribution in [-0.2, 0) is 6.54 Å². The topological polar surface area (TPSA) is 65.7 Å². The van der Waals surface area contributed by atoms with Gasteiger partial charge in [-0.3, -0.25) is 9.89 Å². The molecule has 1 aliphatic carbocycles. The van der Waals surface area contributed by atoms with Gasteiger partial charge in [0.1, 0.15) is 5.76 Å². The van der Waals surface area contributed by atoms with Crippen LogP contribution in [-0.4, -0.2) is 48.2 Å². The molecule has 2 fully saturated rings. The molecule has 7 heteroatoms. The van der Waals surface area contributed by atoms with E-state index >= 15 is 0 Å². The average molecular weight is 433 g/mol. The van der Waals surface area contributed by atoms with Crippen molar-refractivity contribution in [3.8, 4) is 0 Å². The van der Waals surface area contributed by atoms with Crippen LogP contribution < -0.4 is 10.6 Å². The molecule has 130 valence electrons. The first kappa shape index (κ1) is 18.5. The monoisotopic (exact) mass is 433 g/mol. The molecular weight excluding hydrogens is 405 g/mol. The summed E-state index contributed by atoms with van der Waals surface area (Å²) in [7, 11) is 1.82. The average Bonchev–Trinajstić information content (AvgIpc) is 3.22. The number of aryl methyl sites for hydroxylation is 2. The van der Waals surface area contributed by atoms with Gasteiger partial charge in [-0.05, 0) is 32.6 Å². The normalized spacial score (nSPS) is 25.3. The molecule has 0 spiro atoms. The van der Waals surface area contributed by atoms with E-state index < -0.39 is 0 Å². The van der Waals surface area contributed by atoms with Gasteiger partial charge in [0.25, 0.3) is 0 Å². The minimum absolute atomic E-state index is 0. The fraction of sp³-hybridized carbons (Fsp3) is 0.750. The van der Waals surface area contributed by atoms with E-state index in [0.717, 1.165) is 35.6 Å². The standard InChI is InChI=1S/C16H27N5O.HI/c1-10-8-21(13-5-6-13)9-15(10)19-16(17-4)18-7-14-11(2)20-22-12(14)3;/h10,13,15H,5-9H2,1-4H3,(H2,17,18,19);1H. The van der Waals surface area contributed by atoms with Crippen molar-refractivity contribution in [2.24, 2.45) is 10.9 Å². The predicted molar refractivity (Wildman–Crippen MR) is 102 cm³/mol. The van der Waals surface area contributed by atoms with Crippen molar-refractivity contribution >= 4 is 29.9 Å². The number of guanidine groups is 1. The Kier molecular flexibility index (Phi) is 6.30. The molecule has 0 radical (unpaired) electrons. The number of aromatic nitrogens is 1. The summed E-state index contributed by atoms with van der Waals surface area (Å²) < 4.78 is 5.20. The van der Waals surface area contributed by atoms with Gasteiger partial charge in [-0.25, -0.2) is 0 Å². The first-order chi connectivity index (χ1) is 10.6. The lowest BCUT2D eigenvalue weighted by atomic mass is 10.1. The zero-order chi connectivity index (χ0) is 15.7. The lowest BCUT2D eigenvalue weighted by Crippen LogP contribution is -2.46. The molecule has 0 amide bonds. The fourth-order valence-electron chi connectivity index (χ4n) is 3.23. The van der Waals surface area contributed by atoms with E-state index in [-0.39, 0.29) is 24.0 Å². The van der Waals surface area contributed by atoms with E-state index in [9.17, 15) is 0 Å². The van der Waals surface area contributed by atoms with Gasteiger partial charge in [0.15, 0.2) is 5.96 Å². The Morgan fingerprint density at radius 3 is 2.65 bits per heavy atom. The molecule has 1 aromatic heterocycles. The Balaban J connectivity index is 0.00000192. The lowest BCUT2D eigenvalue weighted by molar-refractivity contribution is 0.315. The van der Waals surface area contributed by atoms with E-state index in [1.165, 1.54) is 19.4 Å². The molecule has 2 N–H and O–H groups in total. The van der Waals surface area contributed by atoms with E-state index in [1.807, 2.05) is 20.9 Å². The van der Waals surface area contributed by atoms with Crippen LogP contribution in [0.3, 0.4) is 0 Å². The third-order valence-corrected chi connectivity index (χ3v) is 4.86. The minimum Gasteiger partial charge on any atom is -0.361 e. The first-order valence-corrected chi connectivity index (χ1v) is 8.21. The molecule has 1 saturated carbocycles. The van der Waals surface area contributed by atoms with Crippen molar-refractivity contribution in [3.63, 3.8) is 0 Å². The van der Waals surface area contributed by atoms with Gasteiger partial charge in [0.05, 0.1) is 5.69 Å². The van der Waals surface area contributed by atoms with Crippen molar-refractivity contribution in [2.75, 3.05) is 20.1 Å². The highest BCUT2D eigenvalue weighted by Gasteiger charge is 2.38. The zero-order valence-electron chi connectivity index (χ0n) is 14.4. The third kappa shape index (κ3) is 4.37. The number of aliphatic imine (C=N–C) groups is 1. The van der Waals surface area contributed by atoms with Crippen molar-refractivity contribution in [1.29, 1.82) is 0 Å². The number of likely N-dealkylation sites (tertiary alicyclic amines) is 1. The molecule has 2 unspecified atom stereocenters. The second kappa shape index (κ2) is 7.83. The second-order valence-corrected chi connectivity index (χ2v) is 6.64. The number of halogens is 1. The number of rotatable bonds is 4. The highest BCUT2D eigenvalue weighted by molar-refractivity contribution is 14.0. The Hall–Kier alpha value is -0.830. The first-order valence-electron chi connectivity index (χ1n) is 8.21. The SMILES string of the molecule is CN=C(NCc1c(C)noc1C)NC1CN(C2CC2)CC1C.I. The Morgan fingerprint density at radius 1 is 1.35 bits per heavy atom. The van der Waals surface area contributed by atoms with Gasteiger partial charge in [0, 0.05) is 44.3 Å². The molecule has 2 atom stereocenters. The molecule has 1 saturated heterocycles. The minimum atomic E-state index is 0. The van der Waals surface area contributed by atoms with Gasteiger partial charge in [-0.2, -0.15) is 0 Å². The van der Waals surface area contributed by atoms with E-state index in [4.69, 9.17) is 4.52 Å². The second-order valence-electron chi connectivity index (χ2n) is 6.64. The Morgan fingerprint density at radius 2 is 2.09 bits per heavy atom. The summed E-state index contributed by atoms with van der Waals surface area (Å²) in [6, 6.07) is 1.31. The van der Waals surface area contributed by atoms with Crippen LogP contribution in [0, 0.1) is 19.8 Å². The molecule has 23 heavy (non-hydrogen) atoms. The molecule has 1 aromatic rings. The number of nitrogens with one attached hydrogen (secondary N) is 2. The van der Waals surface area contributed by atoms with Gasteiger partial charge in [0.2, 0.25) is 0 Å². The largest absolute Gasteiger partial charge is 0.361 e. The Bertz CT molecular complexity index is 535. The predicted octanol–water partition coefficient (Wildman–Crippen LogP) is 2.06. The van der Waals surface area contributed by atoms with Gasteiger partial charge < -0.3 is 15.2 Å². The van der Waals surface area contributed by atoms with Crippen molar-refractivity contribution in [1.82, 2.24) is 20.7 Å². The van der Waals surface area contributed by atoms with Crippen molar-refractivity contribution < 1.29 is 4.52 Å². The summed E-state index contributed by atoms with van der Waals surface area (Å²) in [6.07, 6.45) is 2.75. The maximum absolute atomic E-state index is 5.20. The summed E-state index contributed by atoms with van der Waals surface area (Å²) in [5.41, 5.74) is 2.05. The molecule has 2 heterocycles. The molecule has 0 aromatic carbocycles. The van der Waals surface area contributed by atoms with Crippen LogP contribution in [0.4, 0.5) is 0 Å². The Labute approximate surface area is 155 Å². The van der Waals surface area contributed by atoms with Gasteiger partial charge in [-0.15, -0.1) is 24.0 Å². The van der Waals surface area contributed by atoms with Crippen LogP contribution in [0.5, 0.6) is 0 Å². The molecule has 2 aliphatic rings. The van der Waals surface area contributed by atoms with E-state index in [0.29, 0.717) is 18.5 Å².